The van der Waals surface area contributed by atoms with Crippen molar-refractivity contribution in [3.05, 3.63) is 58.1 Å². The van der Waals surface area contributed by atoms with Crippen LogP contribution < -0.4 is 10.6 Å². The van der Waals surface area contributed by atoms with Crippen molar-refractivity contribution in [3.63, 3.8) is 0 Å². The minimum atomic E-state index is -0.0257. The van der Waals surface area contributed by atoms with Gasteiger partial charge < -0.3 is 10.6 Å². The summed E-state index contributed by atoms with van der Waals surface area (Å²) in [6, 6.07) is 11.8. The number of amides is 1. The molecule has 0 saturated heterocycles. The van der Waals surface area contributed by atoms with Crippen LogP contribution in [0.3, 0.4) is 0 Å². The molecule has 4 heteroatoms. The molecule has 0 aromatic heterocycles. The van der Waals surface area contributed by atoms with Crippen molar-refractivity contribution in [3.8, 4) is 0 Å². The molecule has 0 aliphatic heterocycles. The van der Waals surface area contributed by atoms with Crippen molar-refractivity contribution >= 4 is 28.9 Å². The Labute approximate surface area is 136 Å². The van der Waals surface area contributed by atoms with Crippen LogP contribution in [0, 0.1) is 20.8 Å². The molecule has 2 N–H and O–H groups in total. The summed E-state index contributed by atoms with van der Waals surface area (Å²) < 4.78 is 0. The molecule has 0 radical (unpaired) electrons. The number of anilines is 2. The van der Waals surface area contributed by atoms with E-state index in [1.165, 1.54) is 11.1 Å². The largest absolute Gasteiger partial charge is 0.385 e. The summed E-state index contributed by atoms with van der Waals surface area (Å²) in [6.45, 7) is 6.61. The standard InChI is InChI=1S/C18H21ClN2O/c1-12-9-13(2)11-15(10-12)20-8-7-18(22)21-17-6-4-5-16(19)14(17)3/h4-6,9-11,20H,7-8H2,1-3H3,(H,21,22). The van der Waals surface area contributed by atoms with E-state index in [4.69, 9.17) is 11.6 Å². The molecule has 0 aliphatic carbocycles. The number of rotatable bonds is 5. The summed E-state index contributed by atoms with van der Waals surface area (Å²) in [7, 11) is 0. The fraction of sp³-hybridized carbons (Fsp3) is 0.278. The fourth-order valence-corrected chi connectivity index (χ4v) is 2.53. The number of hydrogen-bond donors (Lipinski definition) is 2. The SMILES string of the molecule is Cc1cc(C)cc(NCCC(=O)Nc2cccc(Cl)c2C)c1. The molecule has 3 nitrogen and oxygen atoms in total. The van der Waals surface area contributed by atoms with Crippen molar-refractivity contribution in [2.45, 2.75) is 27.2 Å². The lowest BCUT2D eigenvalue weighted by Crippen LogP contribution is -2.17. The summed E-state index contributed by atoms with van der Waals surface area (Å²) >= 11 is 6.05. The van der Waals surface area contributed by atoms with Crippen LogP contribution in [0.5, 0.6) is 0 Å². The highest BCUT2D eigenvalue weighted by molar-refractivity contribution is 6.31. The molecule has 116 valence electrons. The minimum Gasteiger partial charge on any atom is -0.385 e. The Hall–Kier alpha value is -2.00. The third-order valence-corrected chi connectivity index (χ3v) is 3.85. The highest BCUT2D eigenvalue weighted by Gasteiger charge is 2.06. The monoisotopic (exact) mass is 316 g/mol. The summed E-state index contributed by atoms with van der Waals surface area (Å²) in [5.74, 6) is -0.0257. The van der Waals surface area contributed by atoms with Gasteiger partial charge in [-0.1, -0.05) is 23.7 Å². The van der Waals surface area contributed by atoms with Gasteiger partial charge in [-0.05, 0) is 61.7 Å². The van der Waals surface area contributed by atoms with Crippen molar-refractivity contribution in [2.24, 2.45) is 0 Å². The lowest BCUT2D eigenvalue weighted by Gasteiger charge is -2.11. The van der Waals surface area contributed by atoms with Crippen LogP contribution in [0.2, 0.25) is 5.02 Å². The molecule has 0 fully saturated rings. The zero-order valence-electron chi connectivity index (χ0n) is 13.2. The number of carbonyl (C=O) groups is 1. The van der Waals surface area contributed by atoms with Gasteiger partial charge in [0.05, 0.1) is 0 Å². The molecule has 22 heavy (non-hydrogen) atoms. The first-order valence-electron chi connectivity index (χ1n) is 7.33. The third-order valence-electron chi connectivity index (χ3n) is 3.44. The van der Waals surface area contributed by atoms with E-state index in [9.17, 15) is 4.79 Å². The van der Waals surface area contributed by atoms with Gasteiger partial charge in [-0.3, -0.25) is 4.79 Å². The van der Waals surface area contributed by atoms with Crippen LogP contribution in [-0.4, -0.2) is 12.5 Å². The molecule has 0 heterocycles. The molecule has 0 unspecified atom stereocenters. The Kier molecular flexibility index (Phi) is 5.45. The maximum absolute atomic E-state index is 12.0. The van der Waals surface area contributed by atoms with Crippen LogP contribution in [0.4, 0.5) is 11.4 Å². The van der Waals surface area contributed by atoms with Crippen molar-refractivity contribution in [2.75, 3.05) is 17.2 Å². The normalized spacial score (nSPS) is 10.4. The van der Waals surface area contributed by atoms with Crippen LogP contribution in [0.15, 0.2) is 36.4 Å². The molecule has 0 aliphatic rings. The lowest BCUT2D eigenvalue weighted by atomic mass is 10.1. The summed E-state index contributed by atoms with van der Waals surface area (Å²) in [5.41, 5.74) is 5.12. The average molecular weight is 317 g/mol. The Morgan fingerprint density at radius 3 is 2.45 bits per heavy atom. The number of aryl methyl sites for hydroxylation is 2. The molecule has 2 rings (SSSR count). The van der Waals surface area contributed by atoms with E-state index < -0.39 is 0 Å². The summed E-state index contributed by atoms with van der Waals surface area (Å²) in [5, 5.41) is 6.84. The Morgan fingerprint density at radius 2 is 1.77 bits per heavy atom. The molecule has 0 atom stereocenters. The van der Waals surface area contributed by atoms with Gasteiger partial charge in [-0.25, -0.2) is 0 Å². The Bertz CT molecular complexity index is 663. The maximum atomic E-state index is 12.0. The van der Waals surface area contributed by atoms with Gasteiger partial charge in [-0.15, -0.1) is 0 Å². The Morgan fingerprint density at radius 1 is 1.09 bits per heavy atom. The first-order valence-corrected chi connectivity index (χ1v) is 7.70. The number of halogens is 1. The molecule has 2 aromatic carbocycles. The van der Waals surface area contributed by atoms with E-state index in [0.717, 1.165) is 16.9 Å². The van der Waals surface area contributed by atoms with E-state index in [1.54, 1.807) is 0 Å². The first-order chi connectivity index (χ1) is 10.5. The predicted molar refractivity (Wildman–Crippen MR) is 93.8 cm³/mol. The summed E-state index contributed by atoms with van der Waals surface area (Å²) in [6.07, 6.45) is 0.402. The number of carbonyl (C=O) groups excluding carboxylic acids is 1. The van der Waals surface area contributed by atoms with E-state index in [0.29, 0.717) is 18.0 Å². The van der Waals surface area contributed by atoms with Gasteiger partial charge in [0.25, 0.3) is 0 Å². The third kappa shape index (κ3) is 4.50. The van der Waals surface area contributed by atoms with Gasteiger partial charge in [0.1, 0.15) is 0 Å². The highest BCUT2D eigenvalue weighted by Crippen LogP contribution is 2.23. The molecular formula is C18H21ClN2O. The zero-order chi connectivity index (χ0) is 16.1. The molecule has 0 spiro atoms. The van der Waals surface area contributed by atoms with Crippen molar-refractivity contribution < 1.29 is 4.79 Å². The van der Waals surface area contributed by atoms with Crippen LogP contribution >= 0.6 is 11.6 Å². The second-order valence-electron chi connectivity index (χ2n) is 5.51. The van der Waals surface area contributed by atoms with Gasteiger partial charge in [0.2, 0.25) is 5.91 Å². The van der Waals surface area contributed by atoms with Crippen molar-refractivity contribution in [1.29, 1.82) is 0 Å². The van der Waals surface area contributed by atoms with Gasteiger partial charge in [-0.2, -0.15) is 0 Å². The number of benzene rings is 2. The number of hydrogen-bond acceptors (Lipinski definition) is 2. The minimum absolute atomic E-state index is 0.0257. The molecule has 0 saturated carbocycles. The molecule has 0 bridgehead atoms. The maximum Gasteiger partial charge on any atom is 0.226 e. The first kappa shape index (κ1) is 16.4. The van der Waals surface area contributed by atoms with E-state index >= 15 is 0 Å². The molecular weight excluding hydrogens is 296 g/mol. The number of nitrogens with one attached hydrogen (secondary N) is 2. The Balaban J connectivity index is 1.86. The van der Waals surface area contributed by atoms with Gasteiger partial charge in [0, 0.05) is 29.4 Å². The van der Waals surface area contributed by atoms with Gasteiger partial charge in [0.15, 0.2) is 0 Å². The molecule has 2 aromatic rings. The fourth-order valence-electron chi connectivity index (χ4n) is 2.35. The highest BCUT2D eigenvalue weighted by atomic mass is 35.5. The van der Waals surface area contributed by atoms with Crippen LogP contribution in [-0.2, 0) is 4.79 Å². The van der Waals surface area contributed by atoms with E-state index in [2.05, 4.69) is 42.7 Å². The van der Waals surface area contributed by atoms with Crippen LogP contribution in [0.1, 0.15) is 23.1 Å². The zero-order valence-corrected chi connectivity index (χ0v) is 13.9. The lowest BCUT2D eigenvalue weighted by molar-refractivity contribution is -0.115. The predicted octanol–water partition coefficient (Wildman–Crippen LogP) is 4.71. The van der Waals surface area contributed by atoms with Crippen LogP contribution in [0.25, 0.3) is 0 Å². The second-order valence-corrected chi connectivity index (χ2v) is 5.92. The average Bonchev–Trinajstić information content (AvgIpc) is 2.43. The second kappa shape index (κ2) is 7.32. The summed E-state index contributed by atoms with van der Waals surface area (Å²) in [4.78, 5) is 12.0. The smallest absolute Gasteiger partial charge is 0.226 e. The molecule has 1 amide bonds. The van der Waals surface area contributed by atoms with Crippen molar-refractivity contribution in [1.82, 2.24) is 0 Å². The van der Waals surface area contributed by atoms with E-state index in [-0.39, 0.29) is 5.91 Å². The quantitative estimate of drug-likeness (QED) is 0.839. The van der Waals surface area contributed by atoms with E-state index in [1.807, 2.05) is 25.1 Å². The van der Waals surface area contributed by atoms with Gasteiger partial charge >= 0.3 is 0 Å². The topological polar surface area (TPSA) is 41.1 Å².